The molecule has 2 aromatic rings. The van der Waals surface area contributed by atoms with Crippen LogP contribution in [-0.4, -0.2) is 15.3 Å². The van der Waals surface area contributed by atoms with E-state index in [1.165, 1.54) is 36.4 Å². The number of carboxylic acids is 1. The van der Waals surface area contributed by atoms with Gasteiger partial charge in [0.2, 0.25) is 0 Å². The first-order valence-electron chi connectivity index (χ1n) is 5.73. The molecule has 0 aliphatic carbocycles. The van der Waals surface area contributed by atoms with Gasteiger partial charge in [-0.2, -0.15) is 0 Å². The summed E-state index contributed by atoms with van der Waals surface area (Å²) in [6.45, 7) is 0. The highest BCUT2D eigenvalue weighted by molar-refractivity contribution is 9.10. The molecular weight excluding hydrogens is 383 g/mol. The Bertz CT molecular complexity index is 736. The van der Waals surface area contributed by atoms with Gasteiger partial charge in [0.05, 0.1) is 22.1 Å². The van der Waals surface area contributed by atoms with Gasteiger partial charge in [0.1, 0.15) is 5.82 Å². The van der Waals surface area contributed by atoms with Crippen LogP contribution in [0.25, 0.3) is 0 Å². The van der Waals surface area contributed by atoms with Crippen LogP contribution in [0.5, 0.6) is 0 Å². The van der Waals surface area contributed by atoms with E-state index in [1.54, 1.807) is 0 Å². The summed E-state index contributed by atoms with van der Waals surface area (Å²) >= 11 is 8.90. The molecule has 0 spiro atoms. The quantitative estimate of drug-likeness (QED) is 0.848. The van der Waals surface area contributed by atoms with Gasteiger partial charge in [-0.1, -0.05) is 11.6 Å². The predicted octanol–water partition coefficient (Wildman–Crippen LogP) is 4.25. The summed E-state index contributed by atoms with van der Waals surface area (Å²) in [5.74, 6) is -1.70. The van der Waals surface area contributed by atoms with Gasteiger partial charge in [-0.05, 0) is 52.3 Å². The van der Waals surface area contributed by atoms with Crippen molar-refractivity contribution in [3.05, 3.63) is 62.8 Å². The third kappa shape index (κ3) is 3.90. The van der Waals surface area contributed by atoms with Crippen LogP contribution in [0.1, 0.15) is 15.9 Å². The fraction of sp³-hybridized carbons (Fsp3) is 0.0714. The second-order valence-corrected chi connectivity index (χ2v) is 6.91. The Morgan fingerprint density at radius 1 is 1.29 bits per heavy atom. The standard InChI is InChI=1S/C14H9BrClFO3S/c15-12-3-2-10(6-11(12)14(18)19)21(20)7-8-5-9(16)1-4-13(8)17/h1-6H,7H2,(H,18,19). The molecule has 2 aromatic carbocycles. The average Bonchev–Trinajstić information content (AvgIpc) is 2.43. The van der Waals surface area contributed by atoms with E-state index in [0.717, 1.165) is 0 Å². The molecule has 0 fully saturated rings. The lowest BCUT2D eigenvalue weighted by atomic mass is 10.2. The van der Waals surface area contributed by atoms with Gasteiger partial charge in [0, 0.05) is 20.0 Å². The molecule has 0 heterocycles. The molecule has 1 unspecified atom stereocenters. The summed E-state index contributed by atoms with van der Waals surface area (Å²) in [6, 6.07) is 8.38. The van der Waals surface area contributed by atoms with Crippen LogP contribution in [-0.2, 0) is 16.6 Å². The van der Waals surface area contributed by atoms with Crippen molar-refractivity contribution in [2.75, 3.05) is 0 Å². The number of carbonyl (C=O) groups is 1. The van der Waals surface area contributed by atoms with Crippen molar-refractivity contribution in [2.45, 2.75) is 10.6 Å². The molecule has 2 rings (SSSR count). The molecule has 21 heavy (non-hydrogen) atoms. The third-order valence-electron chi connectivity index (χ3n) is 2.73. The summed E-state index contributed by atoms with van der Waals surface area (Å²) < 4.78 is 26.3. The zero-order valence-electron chi connectivity index (χ0n) is 10.5. The molecule has 1 atom stereocenters. The molecule has 0 saturated carbocycles. The van der Waals surface area contributed by atoms with Crippen molar-refractivity contribution in [3.63, 3.8) is 0 Å². The van der Waals surface area contributed by atoms with Crippen LogP contribution in [0.2, 0.25) is 5.02 Å². The molecule has 0 amide bonds. The van der Waals surface area contributed by atoms with Gasteiger partial charge in [-0.3, -0.25) is 4.21 Å². The van der Waals surface area contributed by atoms with Crippen LogP contribution in [0, 0.1) is 5.82 Å². The summed E-state index contributed by atoms with van der Waals surface area (Å²) in [4.78, 5) is 11.4. The Labute approximate surface area is 136 Å². The molecule has 0 bridgehead atoms. The maximum atomic E-state index is 13.6. The SMILES string of the molecule is O=C(O)c1cc(S(=O)Cc2cc(Cl)ccc2F)ccc1Br. The molecule has 0 saturated heterocycles. The molecule has 0 aliphatic heterocycles. The Morgan fingerprint density at radius 3 is 2.67 bits per heavy atom. The lowest BCUT2D eigenvalue weighted by Crippen LogP contribution is -2.03. The van der Waals surface area contributed by atoms with Crippen molar-refractivity contribution in [3.8, 4) is 0 Å². The van der Waals surface area contributed by atoms with Gasteiger partial charge in [-0.15, -0.1) is 0 Å². The smallest absolute Gasteiger partial charge is 0.336 e. The number of benzene rings is 2. The van der Waals surface area contributed by atoms with Crippen molar-refractivity contribution < 1.29 is 18.5 Å². The molecule has 7 heteroatoms. The number of halogens is 3. The number of hydrogen-bond donors (Lipinski definition) is 1. The molecular formula is C14H9BrClFO3S. The highest BCUT2D eigenvalue weighted by Crippen LogP contribution is 2.23. The van der Waals surface area contributed by atoms with E-state index in [9.17, 15) is 13.4 Å². The first kappa shape index (κ1) is 16.1. The largest absolute Gasteiger partial charge is 0.478 e. The maximum absolute atomic E-state index is 13.6. The molecule has 0 radical (unpaired) electrons. The van der Waals surface area contributed by atoms with E-state index in [0.29, 0.717) is 14.4 Å². The fourth-order valence-corrected chi connectivity index (χ4v) is 3.44. The lowest BCUT2D eigenvalue weighted by Gasteiger charge is -2.06. The lowest BCUT2D eigenvalue weighted by molar-refractivity contribution is 0.0695. The first-order valence-corrected chi connectivity index (χ1v) is 8.22. The predicted molar refractivity (Wildman–Crippen MR) is 82.6 cm³/mol. The summed E-state index contributed by atoms with van der Waals surface area (Å²) in [5, 5.41) is 9.39. The van der Waals surface area contributed by atoms with Crippen LogP contribution in [0.3, 0.4) is 0 Å². The van der Waals surface area contributed by atoms with Crippen molar-refractivity contribution in [1.82, 2.24) is 0 Å². The van der Waals surface area contributed by atoms with Crippen molar-refractivity contribution in [1.29, 1.82) is 0 Å². The van der Waals surface area contributed by atoms with Gasteiger partial charge >= 0.3 is 5.97 Å². The van der Waals surface area contributed by atoms with E-state index in [1.807, 2.05) is 0 Å². The van der Waals surface area contributed by atoms with Crippen LogP contribution < -0.4 is 0 Å². The third-order valence-corrected chi connectivity index (χ3v) is 5.00. The monoisotopic (exact) mass is 390 g/mol. The summed E-state index contributed by atoms with van der Waals surface area (Å²) in [7, 11) is -1.57. The molecule has 0 aromatic heterocycles. The van der Waals surface area contributed by atoms with Crippen molar-refractivity contribution >= 4 is 44.3 Å². The highest BCUT2D eigenvalue weighted by Gasteiger charge is 2.14. The Hall–Kier alpha value is -1.24. The summed E-state index contributed by atoms with van der Waals surface area (Å²) in [6.07, 6.45) is 0. The molecule has 0 aliphatic rings. The minimum Gasteiger partial charge on any atom is -0.478 e. The second kappa shape index (κ2) is 6.68. The maximum Gasteiger partial charge on any atom is 0.336 e. The van der Waals surface area contributed by atoms with Crippen LogP contribution in [0.4, 0.5) is 4.39 Å². The molecule has 110 valence electrons. The normalized spacial score (nSPS) is 12.1. The average molecular weight is 392 g/mol. The minimum absolute atomic E-state index is 0.00687. The number of rotatable bonds is 4. The molecule has 1 N–H and O–H groups in total. The van der Waals surface area contributed by atoms with E-state index >= 15 is 0 Å². The van der Waals surface area contributed by atoms with E-state index in [4.69, 9.17) is 16.7 Å². The Balaban J connectivity index is 2.30. The van der Waals surface area contributed by atoms with E-state index in [2.05, 4.69) is 15.9 Å². The summed E-state index contributed by atoms with van der Waals surface area (Å²) in [5.41, 5.74) is 0.230. The number of aromatic carboxylic acids is 1. The zero-order valence-corrected chi connectivity index (χ0v) is 13.6. The minimum atomic E-state index is -1.57. The Kier molecular flexibility index (Phi) is 5.13. The van der Waals surface area contributed by atoms with Gasteiger partial charge in [0.15, 0.2) is 0 Å². The van der Waals surface area contributed by atoms with Crippen molar-refractivity contribution in [2.24, 2.45) is 0 Å². The van der Waals surface area contributed by atoms with Gasteiger partial charge < -0.3 is 5.11 Å². The first-order chi connectivity index (χ1) is 9.88. The van der Waals surface area contributed by atoms with E-state index in [-0.39, 0.29) is 16.9 Å². The van der Waals surface area contributed by atoms with Gasteiger partial charge in [-0.25, -0.2) is 9.18 Å². The van der Waals surface area contributed by atoms with Crippen LogP contribution >= 0.6 is 27.5 Å². The Morgan fingerprint density at radius 2 is 2.00 bits per heavy atom. The molecule has 3 nitrogen and oxygen atoms in total. The number of carboxylic acid groups (broad SMARTS) is 1. The second-order valence-electron chi connectivity index (χ2n) is 4.17. The number of hydrogen-bond acceptors (Lipinski definition) is 2. The highest BCUT2D eigenvalue weighted by atomic mass is 79.9. The fourth-order valence-electron chi connectivity index (χ4n) is 1.69. The van der Waals surface area contributed by atoms with Gasteiger partial charge in [0.25, 0.3) is 0 Å². The van der Waals surface area contributed by atoms with Crippen LogP contribution in [0.15, 0.2) is 45.8 Å². The van der Waals surface area contributed by atoms with E-state index < -0.39 is 22.6 Å². The topological polar surface area (TPSA) is 54.4 Å². The zero-order chi connectivity index (χ0) is 15.6.